The number of alkyl halides is 3. The highest BCUT2D eigenvalue weighted by atomic mass is 32.1. The van der Waals surface area contributed by atoms with Crippen LogP contribution in [-0.4, -0.2) is 31.2 Å². The van der Waals surface area contributed by atoms with Gasteiger partial charge in [-0.3, -0.25) is 4.79 Å². The normalized spacial score (nSPS) is 17.5. The fourth-order valence-corrected chi connectivity index (χ4v) is 3.60. The summed E-state index contributed by atoms with van der Waals surface area (Å²) in [6, 6.07) is 1.78. The molecule has 0 fully saturated rings. The number of rotatable bonds is 5. The highest BCUT2D eigenvalue weighted by Crippen LogP contribution is 2.33. The minimum Gasteiger partial charge on any atom is -0.451 e. The number of nitrogens with one attached hydrogen (secondary N) is 1. The number of amides is 1. The predicted octanol–water partition coefficient (Wildman–Crippen LogP) is 3.10. The van der Waals surface area contributed by atoms with Crippen LogP contribution in [0.15, 0.2) is 6.07 Å². The molecule has 0 unspecified atom stereocenters. The summed E-state index contributed by atoms with van der Waals surface area (Å²) in [6.45, 7) is -0.0130. The first-order valence-corrected chi connectivity index (χ1v) is 8.22. The average Bonchev–Trinajstić information content (AvgIpc) is 2.92. The Hall–Kier alpha value is -1.57. The molecule has 0 aromatic carbocycles. The second-order valence-electron chi connectivity index (χ2n) is 5.54. The van der Waals surface area contributed by atoms with Gasteiger partial charge in [0, 0.05) is 4.88 Å². The molecular weight excluding hydrogens is 331 g/mol. The van der Waals surface area contributed by atoms with Crippen LogP contribution in [0.1, 0.15) is 39.9 Å². The monoisotopic (exact) mass is 349 g/mol. The number of fused-ring (bicyclic) bond motifs is 1. The molecule has 0 radical (unpaired) electrons. The Kier molecular flexibility index (Phi) is 5.67. The highest BCUT2D eigenvalue weighted by molar-refractivity contribution is 7.14. The van der Waals surface area contributed by atoms with Crippen molar-refractivity contribution in [3.8, 4) is 0 Å². The van der Waals surface area contributed by atoms with Gasteiger partial charge in [0.1, 0.15) is 11.4 Å². The number of ether oxygens (including phenoxy) is 1. The van der Waals surface area contributed by atoms with Gasteiger partial charge in [0.05, 0.1) is 0 Å². The lowest BCUT2D eigenvalue weighted by Gasteiger charge is -2.19. The van der Waals surface area contributed by atoms with Crippen LogP contribution in [0.4, 0.5) is 13.2 Å². The molecule has 0 aliphatic heterocycles. The highest BCUT2D eigenvalue weighted by Gasteiger charge is 2.28. The van der Waals surface area contributed by atoms with E-state index in [2.05, 4.69) is 6.92 Å². The van der Waals surface area contributed by atoms with Crippen molar-refractivity contribution in [2.45, 2.75) is 38.8 Å². The first-order chi connectivity index (χ1) is 10.8. The van der Waals surface area contributed by atoms with E-state index >= 15 is 0 Å². The van der Waals surface area contributed by atoms with E-state index in [-0.39, 0.29) is 0 Å². The maximum atomic E-state index is 12.0. The SMILES string of the molecule is CC[C@H]1CCc2sc(C(=O)OCC(=O)NCC(F)(F)F)cc2C1. The molecule has 128 valence electrons. The van der Waals surface area contributed by atoms with Crippen LogP contribution in [0.5, 0.6) is 0 Å². The van der Waals surface area contributed by atoms with E-state index in [1.165, 1.54) is 11.3 Å². The third-order valence-corrected chi connectivity index (χ3v) is 5.00. The van der Waals surface area contributed by atoms with Crippen LogP contribution in [0.25, 0.3) is 0 Å². The van der Waals surface area contributed by atoms with Crippen molar-refractivity contribution in [2.24, 2.45) is 5.92 Å². The van der Waals surface area contributed by atoms with E-state index < -0.39 is 31.2 Å². The first kappa shape index (κ1) is 17.8. The summed E-state index contributed by atoms with van der Waals surface area (Å²) < 4.78 is 40.6. The van der Waals surface area contributed by atoms with E-state index in [1.54, 1.807) is 11.4 Å². The second kappa shape index (κ2) is 7.33. The Morgan fingerprint density at radius 3 is 2.83 bits per heavy atom. The number of hydrogen-bond donors (Lipinski definition) is 1. The van der Waals surface area contributed by atoms with Crippen molar-refractivity contribution in [1.29, 1.82) is 0 Å². The molecule has 1 heterocycles. The molecule has 23 heavy (non-hydrogen) atoms. The molecular formula is C15H18F3NO3S. The van der Waals surface area contributed by atoms with Crippen LogP contribution in [-0.2, 0) is 22.4 Å². The minimum absolute atomic E-state index is 0.398. The molecule has 1 aliphatic carbocycles. The van der Waals surface area contributed by atoms with Crippen molar-refractivity contribution in [3.05, 3.63) is 21.4 Å². The van der Waals surface area contributed by atoms with Crippen molar-refractivity contribution >= 4 is 23.2 Å². The molecule has 8 heteroatoms. The maximum Gasteiger partial charge on any atom is 0.405 e. The molecule has 0 spiro atoms. The smallest absolute Gasteiger partial charge is 0.405 e. The number of carbonyl (C=O) groups excluding carboxylic acids is 2. The van der Waals surface area contributed by atoms with Crippen LogP contribution < -0.4 is 5.32 Å². The quantitative estimate of drug-likeness (QED) is 0.831. The summed E-state index contributed by atoms with van der Waals surface area (Å²) in [5.41, 5.74) is 1.14. The molecule has 2 rings (SSSR count). The first-order valence-electron chi connectivity index (χ1n) is 7.40. The molecule has 1 amide bonds. The number of aryl methyl sites for hydroxylation is 1. The van der Waals surface area contributed by atoms with Crippen LogP contribution in [0, 0.1) is 5.92 Å². The summed E-state index contributed by atoms with van der Waals surface area (Å²) in [5, 5.41) is 1.65. The molecule has 1 aromatic rings. The van der Waals surface area contributed by atoms with Gasteiger partial charge in [-0.2, -0.15) is 13.2 Å². The van der Waals surface area contributed by atoms with E-state index in [0.29, 0.717) is 10.8 Å². The molecule has 0 bridgehead atoms. The van der Waals surface area contributed by atoms with Gasteiger partial charge < -0.3 is 10.1 Å². The lowest BCUT2D eigenvalue weighted by Crippen LogP contribution is -2.36. The van der Waals surface area contributed by atoms with Crippen LogP contribution in [0.2, 0.25) is 0 Å². The van der Waals surface area contributed by atoms with Crippen molar-refractivity contribution < 1.29 is 27.5 Å². The zero-order valence-electron chi connectivity index (χ0n) is 12.7. The molecule has 4 nitrogen and oxygen atoms in total. The Morgan fingerprint density at radius 2 is 2.17 bits per heavy atom. The third-order valence-electron chi connectivity index (χ3n) is 3.78. The van der Waals surface area contributed by atoms with Crippen molar-refractivity contribution in [2.75, 3.05) is 13.2 Å². The number of thiophene rings is 1. The third kappa shape index (κ3) is 5.23. The van der Waals surface area contributed by atoms with Gasteiger partial charge in [0.25, 0.3) is 5.91 Å². The molecule has 1 atom stereocenters. The summed E-state index contributed by atoms with van der Waals surface area (Å²) in [6.07, 6.45) is -0.436. The van der Waals surface area contributed by atoms with Gasteiger partial charge in [0.15, 0.2) is 6.61 Å². The number of carbonyl (C=O) groups is 2. The minimum atomic E-state index is -4.48. The summed E-state index contributed by atoms with van der Waals surface area (Å²) in [5.74, 6) is -1.02. The number of hydrogen-bond acceptors (Lipinski definition) is 4. The number of halogens is 3. The maximum absolute atomic E-state index is 12.0. The second-order valence-corrected chi connectivity index (χ2v) is 6.68. The van der Waals surface area contributed by atoms with Gasteiger partial charge in [-0.05, 0) is 36.8 Å². The van der Waals surface area contributed by atoms with Crippen LogP contribution in [0.3, 0.4) is 0 Å². The summed E-state index contributed by atoms with van der Waals surface area (Å²) >= 11 is 1.34. The predicted molar refractivity (Wildman–Crippen MR) is 79.5 cm³/mol. The molecule has 1 aromatic heterocycles. The topological polar surface area (TPSA) is 55.4 Å². The largest absolute Gasteiger partial charge is 0.451 e. The Morgan fingerprint density at radius 1 is 1.43 bits per heavy atom. The molecule has 1 aliphatic rings. The molecule has 1 N–H and O–H groups in total. The zero-order chi connectivity index (χ0) is 17.0. The van der Waals surface area contributed by atoms with Gasteiger partial charge in [0.2, 0.25) is 0 Å². The van der Waals surface area contributed by atoms with Gasteiger partial charge in [-0.25, -0.2) is 4.79 Å². The average molecular weight is 349 g/mol. The summed E-state index contributed by atoms with van der Waals surface area (Å²) in [7, 11) is 0. The lowest BCUT2D eigenvalue weighted by atomic mass is 9.87. The van der Waals surface area contributed by atoms with Crippen molar-refractivity contribution in [1.82, 2.24) is 5.32 Å². The van der Waals surface area contributed by atoms with Crippen LogP contribution >= 0.6 is 11.3 Å². The molecule has 0 saturated carbocycles. The van der Waals surface area contributed by atoms with Gasteiger partial charge in [-0.1, -0.05) is 13.3 Å². The number of esters is 1. The Bertz CT molecular complexity index is 583. The van der Waals surface area contributed by atoms with E-state index in [9.17, 15) is 22.8 Å². The van der Waals surface area contributed by atoms with Gasteiger partial charge >= 0.3 is 12.1 Å². The summed E-state index contributed by atoms with van der Waals surface area (Å²) in [4.78, 5) is 24.7. The Labute approximate surface area is 136 Å². The molecule has 0 saturated heterocycles. The fourth-order valence-electron chi connectivity index (χ4n) is 2.50. The van der Waals surface area contributed by atoms with Gasteiger partial charge in [-0.15, -0.1) is 11.3 Å². The van der Waals surface area contributed by atoms with E-state index in [1.807, 2.05) is 0 Å². The zero-order valence-corrected chi connectivity index (χ0v) is 13.5. The van der Waals surface area contributed by atoms with Crippen molar-refractivity contribution in [3.63, 3.8) is 0 Å². The Balaban J connectivity index is 1.85. The van der Waals surface area contributed by atoms with E-state index in [4.69, 9.17) is 4.74 Å². The fraction of sp³-hybridized carbons (Fsp3) is 0.600. The standard InChI is InChI=1S/C15H18F3NO3S/c1-2-9-3-4-11-10(5-9)6-12(23-11)14(21)22-7-13(20)19-8-15(16,17)18/h6,9H,2-5,7-8H2,1H3,(H,19,20)/t9-/m0/s1. The van der Waals surface area contributed by atoms with E-state index in [0.717, 1.165) is 36.1 Å². The lowest BCUT2D eigenvalue weighted by molar-refractivity contribution is -0.140.